The van der Waals surface area contributed by atoms with E-state index in [0.717, 1.165) is 12.1 Å². The van der Waals surface area contributed by atoms with Crippen molar-refractivity contribution in [2.45, 2.75) is 12.4 Å². The Morgan fingerprint density at radius 1 is 1.00 bits per heavy atom. The molecule has 0 spiro atoms. The maximum Gasteiger partial charge on any atom is 0.409 e. The molecule has 0 aromatic heterocycles. The minimum atomic E-state index is -5.78. The number of benzene rings is 1. The summed E-state index contributed by atoms with van der Waals surface area (Å²) in [7, 11) is 0. The Morgan fingerprint density at radius 3 is 1.75 bits per heavy atom. The highest BCUT2D eigenvalue weighted by Gasteiger charge is 2.61. The summed E-state index contributed by atoms with van der Waals surface area (Å²) < 4.78 is 73.9. The summed E-state index contributed by atoms with van der Waals surface area (Å²) in [6.07, 6.45) is -11.6. The number of nitrogens with one attached hydrogen (secondary N) is 1. The summed E-state index contributed by atoms with van der Waals surface area (Å²) in [6.45, 7) is 0. The number of hydrogen-bond acceptors (Lipinski definition) is 1. The van der Waals surface area contributed by atoms with Gasteiger partial charge in [-0.25, -0.2) is 0 Å². The Labute approximate surface area is 118 Å². The number of para-hydroxylation sites is 1. The van der Waals surface area contributed by atoms with Crippen LogP contribution in [0, 0.1) is 5.92 Å². The van der Waals surface area contributed by atoms with Crippen molar-refractivity contribution in [3.8, 4) is 0 Å². The zero-order chi connectivity index (χ0) is 15.7. The van der Waals surface area contributed by atoms with Crippen molar-refractivity contribution in [2.24, 2.45) is 5.92 Å². The average molecular weight is 340 g/mol. The largest absolute Gasteiger partial charge is 0.409 e. The highest BCUT2D eigenvalue weighted by atomic mass is 35.5. The lowest BCUT2D eigenvalue weighted by Crippen LogP contribution is -2.45. The van der Waals surface area contributed by atoms with Gasteiger partial charge in [0.05, 0.1) is 15.7 Å². The van der Waals surface area contributed by atoms with Crippen LogP contribution in [-0.4, -0.2) is 18.3 Å². The average Bonchev–Trinajstić information content (AvgIpc) is 2.19. The van der Waals surface area contributed by atoms with Gasteiger partial charge in [-0.3, -0.25) is 4.79 Å². The van der Waals surface area contributed by atoms with E-state index in [4.69, 9.17) is 23.2 Å². The van der Waals surface area contributed by atoms with Crippen LogP contribution in [0.4, 0.5) is 32.0 Å². The zero-order valence-corrected chi connectivity index (χ0v) is 10.8. The predicted octanol–water partition coefficient (Wildman–Crippen LogP) is 4.67. The van der Waals surface area contributed by atoms with Gasteiger partial charge < -0.3 is 5.32 Å². The van der Waals surface area contributed by atoms with Crippen molar-refractivity contribution in [2.75, 3.05) is 5.32 Å². The van der Waals surface area contributed by atoms with Gasteiger partial charge in [-0.05, 0) is 12.1 Å². The first-order valence-corrected chi connectivity index (χ1v) is 5.58. The second-order valence-corrected chi connectivity index (χ2v) is 4.42. The SMILES string of the molecule is O=C(Nc1c(Cl)cccc1Cl)C(C(F)(F)F)C(F)(F)F. The lowest BCUT2D eigenvalue weighted by atomic mass is 10.1. The van der Waals surface area contributed by atoms with E-state index in [1.54, 1.807) is 0 Å². The van der Waals surface area contributed by atoms with Crippen molar-refractivity contribution in [1.29, 1.82) is 0 Å². The van der Waals surface area contributed by atoms with Crippen LogP contribution >= 0.6 is 23.2 Å². The molecule has 10 heteroatoms. The molecule has 0 aliphatic carbocycles. The van der Waals surface area contributed by atoms with E-state index in [0.29, 0.717) is 0 Å². The lowest BCUT2D eigenvalue weighted by molar-refractivity contribution is -0.272. The van der Waals surface area contributed by atoms with E-state index in [1.807, 2.05) is 0 Å². The summed E-state index contributed by atoms with van der Waals surface area (Å²) >= 11 is 11.1. The number of carbonyl (C=O) groups excluding carboxylic acids is 1. The highest BCUT2D eigenvalue weighted by Crippen LogP contribution is 2.40. The first kappa shape index (κ1) is 16.9. The van der Waals surface area contributed by atoms with E-state index in [9.17, 15) is 31.1 Å². The molecule has 0 unspecified atom stereocenters. The lowest BCUT2D eigenvalue weighted by Gasteiger charge is -2.22. The molecule has 1 amide bonds. The van der Waals surface area contributed by atoms with Crippen molar-refractivity contribution >= 4 is 34.8 Å². The van der Waals surface area contributed by atoms with Crippen molar-refractivity contribution < 1.29 is 31.1 Å². The van der Waals surface area contributed by atoms with Crippen LogP contribution in [0.1, 0.15) is 0 Å². The molecule has 1 aromatic rings. The van der Waals surface area contributed by atoms with Gasteiger partial charge in [-0.1, -0.05) is 29.3 Å². The fourth-order valence-electron chi connectivity index (χ4n) is 1.30. The second kappa shape index (κ2) is 5.69. The Kier molecular flexibility index (Phi) is 4.81. The van der Waals surface area contributed by atoms with Crippen LogP contribution in [0.5, 0.6) is 0 Å². The third-order valence-corrected chi connectivity index (χ3v) is 2.76. The molecule has 0 aliphatic rings. The van der Waals surface area contributed by atoms with Crippen molar-refractivity contribution in [3.05, 3.63) is 28.2 Å². The number of halogens is 8. The summed E-state index contributed by atoms with van der Waals surface area (Å²) in [5.41, 5.74) is -0.515. The van der Waals surface area contributed by atoms with Crippen LogP contribution in [-0.2, 0) is 4.79 Å². The molecule has 0 bridgehead atoms. The molecule has 2 nitrogen and oxygen atoms in total. The molecule has 20 heavy (non-hydrogen) atoms. The van der Waals surface area contributed by atoms with Crippen LogP contribution in [0.3, 0.4) is 0 Å². The van der Waals surface area contributed by atoms with E-state index in [-0.39, 0.29) is 10.0 Å². The van der Waals surface area contributed by atoms with Gasteiger partial charge in [0.15, 0.2) is 0 Å². The normalized spacial score (nSPS) is 12.7. The quantitative estimate of drug-likeness (QED) is 0.779. The van der Waals surface area contributed by atoms with E-state index in [2.05, 4.69) is 0 Å². The highest BCUT2D eigenvalue weighted by molar-refractivity contribution is 6.39. The molecule has 112 valence electrons. The summed E-state index contributed by atoms with van der Waals surface area (Å²) in [4.78, 5) is 11.2. The number of rotatable bonds is 2. The van der Waals surface area contributed by atoms with E-state index in [1.165, 1.54) is 11.4 Å². The number of carbonyl (C=O) groups is 1. The van der Waals surface area contributed by atoms with Crippen LogP contribution in [0.25, 0.3) is 0 Å². The summed E-state index contributed by atoms with van der Waals surface area (Å²) in [6, 6.07) is 3.61. The molecule has 0 radical (unpaired) electrons. The minimum Gasteiger partial charge on any atom is -0.323 e. The molecule has 0 saturated carbocycles. The number of hydrogen-bond donors (Lipinski definition) is 1. The molecule has 1 aromatic carbocycles. The number of amides is 1. The van der Waals surface area contributed by atoms with Gasteiger partial charge in [-0.2, -0.15) is 26.3 Å². The van der Waals surface area contributed by atoms with E-state index < -0.39 is 29.9 Å². The van der Waals surface area contributed by atoms with Crippen LogP contribution in [0.2, 0.25) is 10.0 Å². The van der Waals surface area contributed by atoms with Gasteiger partial charge >= 0.3 is 12.4 Å². The van der Waals surface area contributed by atoms with Crippen molar-refractivity contribution in [3.63, 3.8) is 0 Å². The minimum absolute atomic E-state index is 0.283. The topological polar surface area (TPSA) is 29.1 Å². The molecule has 1 N–H and O–H groups in total. The Morgan fingerprint density at radius 2 is 1.40 bits per heavy atom. The zero-order valence-electron chi connectivity index (χ0n) is 9.24. The van der Waals surface area contributed by atoms with Gasteiger partial charge in [0.25, 0.3) is 0 Å². The molecule has 1 rings (SSSR count). The Hall–Kier alpha value is -1.15. The van der Waals surface area contributed by atoms with Crippen LogP contribution in [0.15, 0.2) is 18.2 Å². The number of anilines is 1. The van der Waals surface area contributed by atoms with E-state index >= 15 is 0 Å². The molecule has 0 atom stereocenters. The maximum atomic E-state index is 12.3. The third kappa shape index (κ3) is 3.92. The maximum absolute atomic E-state index is 12.3. The number of alkyl halides is 6. The Balaban J connectivity index is 3.11. The summed E-state index contributed by atoms with van der Waals surface area (Å²) in [5.74, 6) is -6.47. The summed E-state index contributed by atoms with van der Waals surface area (Å²) in [5, 5.41) is 0.882. The van der Waals surface area contributed by atoms with Crippen molar-refractivity contribution in [1.82, 2.24) is 0 Å². The fourth-order valence-corrected chi connectivity index (χ4v) is 1.79. The molecular weight excluding hydrogens is 335 g/mol. The molecule has 0 fully saturated rings. The van der Waals surface area contributed by atoms with Gasteiger partial charge in [-0.15, -0.1) is 0 Å². The smallest absolute Gasteiger partial charge is 0.323 e. The molecule has 0 heterocycles. The van der Waals surface area contributed by atoms with Gasteiger partial charge in [0.1, 0.15) is 0 Å². The molecule has 0 aliphatic heterocycles. The monoisotopic (exact) mass is 339 g/mol. The first-order valence-electron chi connectivity index (χ1n) is 4.83. The standard InChI is InChI=1S/C10H5Cl2F6NO/c11-4-2-1-3-5(12)6(4)19-8(20)7(9(13,14)15)10(16,17)18/h1-3,7H,(H,19,20). The van der Waals surface area contributed by atoms with Gasteiger partial charge in [0, 0.05) is 0 Å². The second-order valence-electron chi connectivity index (χ2n) is 3.60. The van der Waals surface area contributed by atoms with Crippen LogP contribution < -0.4 is 5.32 Å². The predicted molar refractivity (Wildman–Crippen MR) is 60.7 cm³/mol. The van der Waals surface area contributed by atoms with Gasteiger partial charge in [0.2, 0.25) is 11.8 Å². The molecular formula is C10H5Cl2F6NO. The first-order chi connectivity index (χ1) is 8.94. The fraction of sp³-hybridized carbons (Fsp3) is 0.300. The third-order valence-electron chi connectivity index (χ3n) is 2.13. The Bertz CT molecular complexity index is 479. The molecule has 0 saturated heterocycles.